The van der Waals surface area contributed by atoms with Gasteiger partial charge in [-0.25, -0.2) is 0 Å². The largest absolute Gasteiger partial charge is 0.317 e. The van der Waals surface area contributed by atoms with E-state index in [1.54, 1.807) is 0 Å². The van der Waals surface area contributed by atoms with Gasteiger partial charge in [-0.3, -0.25) is 0 Å². The van der Waals surface area contributed by atoms with Gasteiger partial charge in [-0.15, -0.1) is 0 Å². The molecule has 0 heterocycles. The minimum absolute atomic E-state index is 0.841. The molecule has 3 atom stereocenters. The highest BCUT2D eigenvalue weighted by Gasteiger charge is 2.31. The molecule has 0 amide bonds. The lowest BCUT2D eigenvalue weighted by Gasteiger charge is -2.38. The minimum atomic E-state index is 0.841. The Balaban J connectivity index is 2.01. The van der Waals surface area contributed by atoms with Gasteiger partial charge < -0.3 is 5.32 Å². The molecule has 2 rings (SSSR count). The summed E-state index contributed by atoms with van der Waals surface area (Å²) in [6.45, 7) is 9.32. The summed E-state index contributed by atoms with van der Waals surface area (Å²) in [6.07, 6.45) is 5.52. The lowest BCUT2D eigenvalue weighted by atomic mass is 9.68. The summed E-state index contributed by atoms with van der Waals surface area (Å²) in [5, 5.41) is 3.58. The summed E-state index contributed by atoms with van der Waals surface area (Å²) in [5.41, 5.74) is 1.52. The molecule has 0 aliphatic heterocycles. The van der Waals surface area contributed by atoms with Crippen LogP contribution >= 0.6 is 0 Å². The van der Waals surface area contributed by atoms with E-state index in [0.29, 0.717) is 0 Å². The van der Waals surface area contributed by atoms with Crippen LogP contribution in [0.3, 0.4) is 0 Å². The molecule has 1 aromatic carbocycles. The second kappa shape index (κ2) is 7.83. The van der Waals surface area contributed by atoms with Crippen molar-refractivity contribution in [3.8, 4) is 0 Å². The van der Waals surface area contributed by atoms with Crippen molar-refractivity contribution >= 4 is 0 Å². The first-order chi connectivity index (χ1) is 9.70. The number of hydrogen-bond acceptors (Lipinski definition) is 1. The van der Waals surface area contributed by atoms with E-state index in [1.807, 2.05) is 0 Å². The standard InChI is InChI=1S/C19H31N/c1-4-20-14-18-11-10-17(15(2)3)13-19(18)12-16-8-6-5-7-9-16/h5-9,15,17-20H,4,10-14H2,1-3H3. The van der Waals surface area contributed by atoms with E-state index < -0.39 is 0 Å². The molecular weight excluding hydrogens is 242 g/mol. The second-order valence-corrected chi connectivity index (χ2v) is 6.83. The van der Waals surface area contributed by atoms with Gasteiger partial charge in [0.2, 0.25) is 0 Å². The summed E-state index contributed by atoms with van der Waals surface area (Å²) >= 11 is 0. The minimum Gasteiger partial charge on any atom is -0.317 e. The van der Waals surface area contributed by atoms with Crippen LogP contribution in [0.15, 0.2) is 30.3 Å². The molecule has 1 heteroatoms. The Kier molecular flexibility index (Phi) is 6.09. The molecule has 0 spiro atoms. The van der Waals surface area contributed by atoms with E-state index in [9.17, 15) is 0 Å². The van der Waals surface area contributed by atoms with Crippen LogP contribution in [0.2, 0.25) is 0 Å². The molecule has 0 radical (unpaired) electrons. The molecule has 1 fully saturated rings. The first kappa shape index (κ1) is 15.6. The second-order valence-electron chi connectivity index (χ2n) is 6.83. The number of nitrogens with one attached hydrogen (secondary N) is 1. The van der Waals surface area contributed by atoms with Crippen LogP contribution in [-0.2, 0) is 6.42 Å². The Bertz CT molecular complexity index is 371. The van der Waals surface area contributed by atoms with E-state index >= 15 is 0 Å². The molecule has 1 aliphatic rings. The average molecular weight is 273 g/mol. The summed E-state index contributed by atoms with van der Waals surface area (Å²) in [6, 6.07) is 11.1. The fourth-order valence-corrected chi connectivity index (χ4v) is 3.73. The Labute approximate surface area is 125 Å². The number of hydrogen-bond donors (Lipinski definition) is 1. The first-order valence-corrected chi connectivity index (χ1v) is 8.45. The maximum atomic E-state index is 3.58. The molecule has 112 valence electrons. The van der Waals surface area contributed by atoms with Crippen molar-refractivity contribution in [1.82, 2.24) is 5.32 Å². The summed E-state index contributed by atoms with van der Waals surface area (Å²) in [4.78, 5) is 0. The predicted molar refractivity (Wildman–Crippen MR) is 87.8 cm³/mol. The van der Waals surface area contributed by atoms with Crippen molar-refractivity contribution < 1.29 is 0 Å². The molecular formula is C19H31N. The third kappa shape index (κ3) is 4.34. The maximum absolute atomic E-state index is 3.58. The Hall–Kier alpha value is -0.820. The van der Waals surface area contributed by atoms with Crippen molar-refractivity contribution in [3.05, 3.63) is 35.9 Å². The first-order valence-electron chi connectivity index (χ1n) is 8.45. The van der Waals surface area contributed by atoms with Gasteiger partial charge in [0.15, 0.2) is 0 Å². The third-order valence-electron chi connectivity index (χ3n) is 5.12. The topological polar surface area (TPSA) is 12.0 Å². The van der Waals surface area contributed by atoms with Crippen molar-refractivity contribution in [3.63, 3.8) is 0 Å². The molecule has 0 bridgehead atoms. The van der Waals surface area contributed by atoms with E-state index in [-0.39, 0.29) is 0 Å². The summed E-state index contributed by atoms with van der Waals surface area (Å²) in [7, 11) is 0. The Morgan fingerprint density at radius 2 is 1.85 bits per heavy atom. The summed E-state index contributed by atoms with van der Waals surface area (Å²) < 4.78 is 0. The van der Waals surface area contributed by atoms with Crippen molar-refractivity contribution in [2.45, 2.75) is 46.5 Å². The van der Waals surface area contributed by atoms with E-state index in [0.717, 1.165) is 30.2 Å². The monoisotopic (exact) mass is 273 g/mol. The Morgan fingerprint density at radius 1 is 1.10 bits per heavy atom. The van der Waals surface area contributed by atoms with Crippen LogP contribution in [0.1, 0.15) is 45.6 Å². The van der Waals surface area contributed by atoms with Crippen LogP contribution in [0, 0.1) is 23.7 Å². The maximum Gasteiger partial charge on any atom is -0.00179 e. The molecule has 1 saturated carbocycles. The third-order valence-corrected chi connectivity index (χ3v) is 5.12. The van der Waals surface area contributed by atoms with Gasteiger partial charge in [0.1, 0.15) is 0 Å². The van der Waals surface area contributed by atoms with Crippen LogP contribution in [-0.4, -0.2) is 13.1 Å². The summed E-state index contributed by atoms with van der Waals surface area (Å²) in [5.74, 6) is 3.50. The van der Waals surface area contributed by atoms with Gasteiger partial charge in [-0.1, -0.05) is 51.1 Å². The van der Waals surface area contributed by atoms with Gasteiger partial charge in [0, 0.05) is 0 Å². The predicted octanol–water partition coefficient (Wildman–Crippen LogP) is 4.53. The highest BCUT2D eigenvalue weighted by molar-refractivity contribution is 5.15. The van der Waals surface area contributed by atoms with E-state index in [1.165, 1.54) is 37.8 Å². The fraction of sp³-hybridized carbons (Fsp3) is 0.684. The molecule has 0 saturated heterocycles. The van der Waals surface area contributed by atoms with Crippen LogP contribution in [0.4, 0.5) is 0 Å². The zero-order valence-corrected chi connectivity index (χ0v) is 13.4. The smallest absolute Gasteiger partial charge is 0.00179 e. The molecule has 1 aromatic rings. The fourth-order valence-electron chi connectivity index (χ4n) is 3.73. The van der Waals surface area contributed by atoms with Crippen molar-refractivity contribution in [1.29, 1.82) is 0 Å². The van der Waals surface area contributed by atoms with Crippen LogP contribution in [0.5, 0.6) is 0 Å². The molecule has 1 nitrogen and oxygen atoms in total. The van der Waals surface area contributed by atoms with E-state index in [2.05, 4.69) is 56.4 Å². The van der Waals surface area contributed by atoms with Crippen LogP contribution < -0.4 is 5.32 Å². The highest BCUT2D eigenvalue weighted by Crippen LogP contribution is 2.38. The number of benzene rings is 1. The van der Waals surface area contributed by atoms with E-state index in [4.69, 9.17) is 0 Å². The highest BCUT2D eigenvalue weighted by atomic mass is 14.8. The lowest BCUT2D eigenvalue weighted by molar-refractivity contribution is 0.145. The van der Waals surface area contributed by atoms with Gasteiger partial charge in [-0.2, -0.15) is 0 Å². The van der Waals surface area contributed by atoms with Gasteiger partial charge >= 0.3 is 0 Å². The molecule has 1 aliphatic carbocycles. The van der Waals surface area contributed by atoms with Gasteiger partial charge in [0.05, 0.1) is 0 Å². The Morgan fingerprint density at radius 3 is 2.50 bits per heavy atom. The average Bonchev–Trinajstić information content (AvgIpc) is 2.47. The SMILES string of the molecule is CCNCC1CCC(C(C)C)CC1Cc1ccccc1. The molecule has 1 N–H and O–H groups in total. The van der Waals surface area contributed by atoms with Crippen molar-refractivity contribution in [2.75, 3.05) is 13.1 Å². The zero-order chi connectivity index (χ0) is 14.4. The van der Waals surface area contributed by atoms with Gasteiger partial charge in [-0.05, 0) is 68.0 Å². The van der Waals surface area contributed by atoms with Gasteiger partial charge in [0.25, 0.3) is 0 Å². The normalized spacial score (nSPS) is 26.9. The number of rotatable bonds is 6. The molecule has 3 unspecified atom stereocenters. The zero-order valence-electron chi connectivity index (χ0n) is 13.4. The van der Waals surface area contributed by atoms with Crippen molar-refractivity contribution in [2.24, 2.45) is 23.7 Å². The van der Waals surface area contributed by atoms with Crippen LogP contribution in [0.25, 0.3) is 0 Å². The molecule has 0 aromatic heterocycles. The lowest BCUT2D eigenvalue weighted by Crippen LogP contribution is -2.35. The quantitative estimate of drug-likeness (QED) is 0.803. The molecule has 20 heavy (non-hydrogen) atoms.